The van der Waals surface area contributed by atoms with E-state index in [9.17, 15) is 4.79 Å². The topological polar surface area (TPSA) is 58.6 Å². The van der Waals surface area contributed by atoms with Crippen LogP contribution in [0, 0.1) is 0 Å². The molecule has 1 heterocycles. The van der Waals surface area contributed by atoms with E-state index in [2.05, 4.69) is 22.3 Å². The van der Waals surface area contributed by atoms with Crippen LogP contribution in [-0.4, -0.2) is 21.2 Å². The van der Waals surface area contributed by atoms with Crippen LogP contribution in [0.3, 0.4) is 0 Å². The number of H-pyrrole nitrogens is 1. The van der Waals surface area contributed by atoms with E-state index in [1.165, 1.54) is 6.20 Å². The standard InChI is InChI=1S/C8H13N3O/c1-2-3-4-5-8(12)7-6-9-11-10-7/h6H,2-5H2,1H3,(H,9,10,11). The molecule has 0 aliphatic carbocycles. The second kappa shape index (κ2) is 4.64. The highest BCUT2D eigenvalue weighted by Gasteiger charge is 2.06. The number of carbonyl (C=O) groups is 1. The predicted molar refractivity (Wildman–Crippen MR) is 44.9 cm³/mol. The van der Waals surface area contributed by atoms with E-state index < -0.39 is 0 Å². The number of nitrogens with one attached hydrogen (secondary N) is 1. The van der Waals surface area contributed by atoms with Crippen LogP contribution in [0.2, 0.25) is 0 Å². The number of nitrogens with zero attached hydrogens (tertiary/aromatic N) is 2. The molecule has 0 aliphatic heterocycles. The molecule has 0 spiro atoms. The zero-order chi connectivity index (χ0) is 8.81. The molecule has 0 bridgehead atoms. The van der Waals surface area contributed by atoms with E-state index in [1.54, 1.807) is 0 Å². The number of aromatic nitrogens is 3. The van der Waals surface area contributed by atoms with Gasteiger partial charge in [0.25, 0.3) is 0 Å². The summed E-state index contributed by atoms with van der Waals surface area (Å²) in [5.41, 5.74) is 0.450. The van der Waals surface area contributed by atoms with Crippen LogP contribution >= 0.6 is 0 Å². The van der Waals surface area contributed by atoms with Crippen LogP contribution < -0.4 is 0 Å². The molecule has 0 atom stereocenters. The van der Waals surface area contributed by atoms with Crippen LogP contribution in [0.15, 0.2) is 6.20 Å². The summed E-state index contributed by atoms with van der Waals surface area (Å²) >= 11 is 0. The lowest BCUT2D eigenvalue weighted by Crippen LogP contribution is -1.99. The van der Waals surface area contributed by atoms with Gasteiger partial charge in [-0.25, -0.2) is 0 Å². The van der Waals surface area contributed by atoms with E-state index in [1.807, 2.05) is 0 Å². The van der Waals surface area contributed by atoms with Gasteiger partial charge in [0, 0.05) is 6.42 Å². The van der Waals surface area contributed by atoms with Crippen molar-refractivity contribution in [1.29, 1.82) is 0 Å². The highest BCUT2D eigenvalue weighted by atomic mass is 16.1. The molecule has 1 N–H and O–H groups in total. The maximum atomic E-state index is 11.3. The summed E-state index contributed by atoms with van der Waals surface area (Å²) in [7, 11) is 0. The molecule has 66 valence electrons. The van der Waals surface area contributed by atoms with E-state index >= 15 is 0 Å². The van der Waals surface area contributed by atoms with Gasteiger partial charge in [0.05, 0.1) is 6.20 Å². The van der Waals surface area contributed by atoms with Crippen molar-refractivity contribution < 1.29 is 4.79 Å². The van der Waals surface area contributed by atoms with Crippen molar-refractivity contribution in [2.24, 2.45) is 0 Å². The third-order valence-corrected chi connectivity index (χ3v) is 1.71. The van der Waals surface area contributed by atoms with Crippen molar-refractivity contribution in [3.05, 3.63) is 11.9 Å². The Morgan fingerprint density at radius 1 is 1.58 bits per heavy atom. The van der Waals surface area contributed by atoms with Gasteiger partial charge >= 0.3 is 0 Å². The molecule has 0 fully saturated rings. The lowest BCUT2D eigenvalue weighted by Gasteiger charge is -1.94. The molecule has 4 nitrogen and oxygen atoms in total. The maximum Gasteiger partial charge on any atom is 0.184 e. The molecule has 0 saturated carbocycles. The number of hydrogen-bond acceptors (Lipinski definition) is 3. The van der Waals surface area contributed by atoms with Crippen molar-refractivity contribution in [3.8, 4) is 0 Å². The van der Waals surface area contributed by atoms with Gasteiger partial charge < -0.3 is 0 Å². The molecule has 0 saturated heterocycles. The van der Waals surface area contributed by atoms with Gasteiger partial charge in [-0.2, -0.15) is 15.4 Å². The van der Waals surface area contributed by atoms with Gasteiger partial charge in [0.15, 0.2) is 5.78 Å². The predicted octanol–water partition coefficient (Wildman–Crippen LogP) is 1.57. The molecule has 1 rings (SSSR count). The van der Waals surface area contributed by atoms with Crippen molar-refractivity contribution in [2.45, 2.75) is 32.6 Å². The highest BCUT2D eigenvalue weighted by molar-refractivity contribution is 5.93. The van der Waals surface area contributed by atoms with Gasteiger partial charge in [-0.15, -0.1) is 0 Å². The fraction of sp³-hybridized carbons (Fsp3) is 0.625. The Morgan fingerprint density at radius 3 is 3.00 bits per heavy atom. The third kappa shape index (κ3) is 2.45. The number of hydrogen-bond donors (Lipinski definition) is 1. The summed E-state index contributed by atoms with van der Waals surface area (Å²) in [5, 5.41) is 9.70. The van der Waals surface area contributed by atoms with Gasteiger partial charge in [-0.3, -0.25) is 4.79 Å². The van der Waals surface area contributed by atoms with Gasteiger partial charge in [0.1, 0.15) is 5.69 Å². The fourth-order valence-electron chi connectivity index (χ4n) is 1.000. The summed E-state index contributed by atoms with van der Waals surface area (Å²) < 4.78 is 0. The minimum absolute atomic E-state index is 0.0807. The number of rotatable bonds is 5. The van der Waals surface area contributed by atoms with Crippen molar-refractivity contribution in [3.63, 3.8) is 0 Å². The van der Waals surface area contributed by atoms with E-state index in [-0.39, 0.29) is 5.78 Å². The monoisotopic (exact) mass is 167 g/mol. The first-order chi connectivity index (χ1) is 5.84. The highest BCUT2D eigenvalue weighted by Crippen LogP contribution is 2.03. The summed E-state index contributed by atoms with van der Waals surface area (Å²) in [6, 6.07) is 0. The quantitative estimate of drug-likeness (QED) is 0.535. The summed E-state index contributed by atoms with van der Waals surface area (Å²) in [6.45, 7) is 2.11. The number of unbranched alkanes of at least 4 members (excludes halogenated alkanes) is 2. The Bertz CT molecular complexity index is 230. The minimum atomic E-state index is 0.0807. The average molecular weight is 167 g/mol. The Kier molecular flexibility index (Phi) is 3.44. The third-order valence-electron chi connectivity index (χ3n) is 1.71. The molecule has 0 radical (unpaired) electrons. The molecule has 1 aromatic rings. The second-order valence-electron chi connectivity index (χ2n) is 2.74. The molecule has 1 aromatic heterocycles. The summed E-state index contributed by atoms with van der Waals surface area (Å²) in [5.74, 6) is 0.0807. The second-order valence-corrected chi connectivity index (χ2v) is 2.74. The van der Waals surface area contributed by atoms with Gasteiger partial charge in [0.2, 0.25) is 0 Å². The van der Waals surface area contributed by atoms with Crippen LogP contribution in [0.1, 0.15) is 43.1 Å². The zero-order valence-corrected chi connectivity index (χ0v) is 7.21. The molecule has 0 unspecified atom stereocenters. The molecular formula is C8H13N3O. The van der Waals surface area contributed by atoms with E-state index in [0.717, 1.165) is 19.3 Å². The first-order valence-corrected chi connectivity index (χ1v) is 4.23. The van der Waals surface area contributed by atoms with Crippen molar-refractivity contribution in [1.82, 2.24) is 15.4 Å². The maximum absolute atomic E-state index is 11.3. The first kappa shape index (κ1) is 8.90. The fourth-order valence-corrected chi connectivity index (χ4v) is 1.000. The lowest BCUT2D eigenvalue weighted by atomic mass is 10.1. The van der Waals surface area contributed by atoms with Crippen LogP contribution in [0.25, 0.3) is 0 Å². The minimum Gasteiger partial charge on any atom is -0.292 e. The van der Waals surface area contributed by atoms with Crippen molar-refractivity contribution >= 4 is 5.78 Å². The molecular weight excluding hydrogens is 154 g/mol. The Balaban J connectivity index is 2.30. The molecule has 0 amide bonds. The Labute approximate surface area is 71.4 Å². The lowest BCUT2D eigenvalue weighted by molar-refractivity contribution is 0.0974. The van der Waals surface area contributed by atoms with Gasteiger partial charge in [-0.1, -0.05) is 19.8 Å². The van der Waals surface area contributed by atoms with E-state index in [0.29, 0.717) is 12.1 Å². The number of ketones is 1. The summed E-state index contributed by atoms with van der Waals surface area (Å²) in [6.07, 6.45) is 5.23. The first-order valence-electron chi connectivity index (χ1n) is 4.23. The normalized spacial score (nSPS) is 10.1. The number of Topliss-reactive ketones (excluding diaryl/α,β-unsaturated/α-hetero) is 1. The smallest absolute Gasteiger partial charge is 0.184 e. The molecule has 12 heavy (non-hydrogen) atoms. The summed E-state index contributed by atoms with van der Waals surface area (Å²) in [4.78, 5) is 11.3. The Hall–Kier alpha value is -1.19. The van der Waals surface area contributed by atoms with Crippen LogP contribution in [-0.2, 0) is 0 Å². The van der Waals surface area contributed by atoms with Crippen LogP contribution in [0.5, 0.6) is 0 Å². The van der Waals surface area contributed by atoms with Crippen LogP contribution in [0.4, 0.5) is 0 Å². The van der Waals surface area contributed by atoms with Crippen molar-refractivity contribution in [2.75, 3.05) is 0 Å². The zero-order valence-electron chi connectivity index (χ0n) is 7.21. The number of aromatic amines is 1. The molecule has 0 aliphatic rings. The molecule has 4 heteroatoms. The SMILES string of the molecule is CCCCCC(=O)c1cn[nH]n1. The largest absolute Gasteiger partial charge is 0.292 e. The van der Waals surface area contributed by atoms with E-state index in [4.69, 9.17) is 0 Å². The molecule has 0 aromatic carbocycles. The average Bonchev–Trinajstić information content (AvgIpc) is 2.56. The number of carbonyl (C=O) groups excluding carboxylic acids is 1. The van der Waals surface area contributed by atoms with Gasteiger partial charge in [-0.05, 0) is 6.42 Å². The Morgan fingerprint density at radius 2 is 2.42 bits per heavy atom.